The van der Waals surface area contributed by atoms with E-state index in [2.05, 4.69) is 20.0 Å². The Morgan fingerprint density at radius 3 is 2.76 bits per heavy atom. The van der Waals surface area contributed by atoms with Crippen LogP contribution in [0.5, 0.6) is 0 Å². The molecule has 0 bridgehead atoms. The van der Waals surface area contributed by atoms with Crippen molar-refractivity contribution >= 4 is 0 Å². The first-order valence-electron chi connectivity index (χ1n) is 9.27. The van der Waals surface area contributed by atoms with Gasteiger partial charge in [0.1, 0.15) is 0 Å². The summed E-state index contributed by atoms with van der Waals surface area (Å²) in [4.78, 5) is 23.4. The van der Waals surface area contributed by atoms with E-state index < -0.39 is 0 Å². The molecule has 2 aliphatic rings. The van der Waals surface area contributed by atoms with Crippen LogP contribution in [-0.4, -0.2) is 37.7 Å². The molecule has 4 rings (SSSR count). The number of likely N-dealkylation sites (tertiary alicyclic amines) is 1. The number of piperidine rings is 1. The van der Waals surface area contributed by atoms with Gasteiger partial charge in [0, 0.05) is 31.5 Å². The number of fused-ring (bicyclic) bond motifs is 1. The van der Waals surface area contributed by atoms with Gasteiger partial charge in [-0.05, 0) is 63.6 Å². The van der Waals surface area contributed by atoms with E-state index in [1.54, 1.807) is 10.7 Å². The smallest absolute Gasteiger partial charge is 0.267 e. The lowest BCUT2D eigenvalue weighted by molar-refractivity contribution is 0.161. The van der Waals surface area contributed by atoms with Crippen LogP contribution in [0.2, 0.25) is 0 Å². The van der Waals surface area contributed by atoms with E-state index in [0.717, 1.165) is 80.9 Å². The van der Waals surface area contributed by atoms with Crippen LogP contribution in [0, 0.1) is 12.8 Å². The lowest BCUT2D eigenvalue weighted by Gasteiger charge is -2.31. The van der Waals surface area contributed by atoms with Gasteiger partial charge in [-0.3, -0.25) is 19.7 Å². The number of aryl methyl sites for hydroxylation is 3. The molecular weight excluding hydrogens is 314 g/mol. The maximum atomic E-state index is 12.3. The largest absolute Gasteiger partial charge is 0.297 e. The molecule has 2 aromatic heterocycles. The highest BCUT2D eigenvalue weighted by Crippen LogP contribution is 2.21. The summed E-state index contributed by atoms with van der Waals surface area (Å²) in [6.45, 7) is 5.65. The lowest BCUT2D eigenvalue weighted by Crippen LogP contribution is -2.36. The van der Waals surface area contributed by atoms with Gasteiger partial charge >= 0.3 is 0 Å². The zero-order valence-electron chi connectivity index (χ0n) is 14.8. The highest BCUT2D eigenvalue weighted by atomic mass is 16.1. The summed E-state index contributed by atoms with van der Waals surface area (Å²) >= 11 is 0. The van der Waals surface area contributed by atoms with Crippen molar-refractivity contribution in [3.8, 4) is 0 Å². The second kappa shape index (κ2) is 7.04. The van der Waals surface area contributed by atoms with Gasteiger partial charge in [0.15, 0.2) is 0 Å². The zero-order valence-corrected chi connectivity index (χ0v) is 14.8. The van der Waals surface area contributed by atoms with E-state index in [1.165, 1.54) is 0 Å². The maximum Gasteiger partial charge on any atom is 0.267 e. The molecular formula is C19H25N5O. The van der Waals surface area contributed by atoms with Crippen LogP contribution in [-0.2, 0) is 25.9 Å². The molecule has 0 saturated carbocycles. The van der Waals surface area contributed by atoms with Crippen molar-refractivity contribution in [3.05, 3.63) is 51.5 Å². The second-order valence-corrected chi connectivity index (χ2v) is 7.36. The summed E-state index contributed by atoms with van der Waals surface area (Å²) in [6, 6.07) is 1.81. The van der Waals surface area contributed by atoms with Gasteiger partial charge in [-0.1, -0.05) is 0 Å². The Kier molecular flexibility index (Phi) is 4.61. The molecule has 0 spiro atoms. The van der Waals surface area contributed by atoms with Gasteiger partial charge in [-0.2, -0.15) is 5.10 Å². The Labute approximate surface area is 147 Å². The van der Waals surface area contributed by atoms with Crippen LogP contribution in [0.1, 0.15) is 41.9 Å². The van der Waals surface area contributed by atoms with Crippen LogP contribution in [0.4, 0.5) is 0 Å². The molecule has 0 atom stereocenters. The van der Waals surface area contributed by atoms with Gasteiger partial charge < -0.3 is 0 Å². The number of nitrogens with zero attached hydrogens (tertiary/aromatic N) is 5. The van der Waals surface area contributed by atoms with Crippen LogP contribution in [0.3, 0.4) is 0 Å². The monoisotopic (exact) mass is 339 g/mol. The first-order chi connectivity index (χ1) is 12.2. The summed E-state index contributed by atoms with van der Waals surface area (Å²) in [5.41, 5.74) is 4.35. The van der Waals surface area contributed by atoms with Crippen molar-refractivity contribution in [1.29, 1.82) is 0 Å². The fourth-order valence-corrected chi connectivity index (χ4v) is 3.87. The van der Waals surface area contributed by atoms with Crippen molar-refractivity contribution in [3.63, 3.8) is 0 Å². The highest BCUT2D eigenvalue weighted by molar-refractivity contribution is 5.22. The molecule has 1 aliphatic heterocycles. The van der Waals surface area contributed by atoms with Gasteiger partial charge in [0.2, 0.25) is 0 Å². The summed E-state index contributed by atoms with van der Waals surface area (Å²) < 4.78 is 1.70. The predicted octanol–water partition coefficient (Wildman–Crippen LogP) is 1.74. The van der Waals surface area contributed by atoms with E-state index in [-0.39, 0.29) is 5.56 Å². The topological polar surface area (TPSA) is 63.9 Å². The SMILES string of the molecule is Cc1cnc(CN2CCC(Cn3nc4c(cc3=O)CCC4)CC2)cn1. The van der Waals surface area contributed by atoms with E-state index in [4.69, 9.17) is 0 Å². The minimum absolute atomic E-state index is 0.0676. The average Bonchev–Trinajstić information content (AvgIpc) is 3.06. The summed E-state index contributed by atoms with van der Waals surface area (Å²) in [5.74, 6) is 0.532. The molecule has 1 fully saturated rings. The van der Waals surface area contributed by atoms with Crippen LogP contribution >= 0.6 is 0 Å². The zero-order chi connectivity index (χ0) is 17.2. The predicted molar refractivity (Wildman–Crippen MR) is 95.3 cm³/mol. The van der Waals surface area contributed by atoms with Gasteiger partial charge in [0.25, 0.3) is 5.56 Å². The Bertz CT molecular complexity index is 790. The summed E-state index contributed by atoms with van der Waals surface area (Å²) in [7, 11) is 0. The Morgan fingerprint density at radius 2 is 2.00 bits per heavy atom. The number of hydrogen-bond donors (Lipinski definition) is 0. The molecule has 0 N–H and O–H groups in total. The van der Waals surface area contributed by atoms with Gasteiger partial charge in [0.05, 0.1) is 17.1 Å². The standard InChI is InChI=1S/C19H25N5O/c1-14-10-21-17(11-20-14)13-23-7-5-15(6-8-23)12-24-19(25)9-16-3-2-4-18(16)22-24/h9-11,15H,2-8,12-13H2,1H3. The first kappa shape index (κ1) is 16.4. The van der Waals surface area contributed by atoms with Crippen LogP contribution in [0.25, 0.3) is 0 Å². The molecule has 3 heterocycles. The Morgan fingerprint density at radius 1 is 1.16 bits per heavy atom. The molecule has 0 radical (unpaired) electrons. The van der Waals surface area contributed by atoms with Crippen molar-refractivity contribution in [2.75, 3.05) is 13.1 Å². The normalized spacial score (nSPS) is 18.4. The van der Waals surface area contributed by atoms with E-state index in [0.29, 0.717) is 5.92 Å². The second-order valence-electron chi connectivity index (χ2n) is 7.36. The highest BCUT2D eigenvalue weighted by Gasteiger charge is 2.22. The number of hydrogen-bond acceptors (Lipinski definition) is 5. The molecule has 0 amide bonds. The van der Waals surface area contributed by atoms with Crippen LogP contribution < -0.4 is 5.56 Å². The van der Waals surface area contributed by atoms with Gasteiger partial charge in [-0.25, -0.2) is 4.68 Å². The Hall–Kier alpha value is -2.08. The van der Waals surface area contributed by atoms with E-state index in [9.17, 15) is 4.79 Å². The molecule has 132 valence electrons. The maximum absolute atomic E-state index is 12.3. The van der Waals surface area contributed by atoms with Crippen molar-refractivity contribution < 1.29 is 0 Å². The third-order valence-electron chi connectivity index (χ3n) is 5.38. The van der Waals surface area contributed by atoms with Gasteiger partial charge in [-0.15, -0.1) is 0 Å². The minimum atomic E-state index is 0.0676. The first-order valence-corrected chi connectivity index (χ1v) is 9.27. The van der Waals surface area contributed by atoms with Crippen molar-refractivity contribution in [1.82, 2.24) is 24.6 Å². The fourth-order valence-electron chi connectivity index (χ4n) is 3.87. The number of aromatic nitrogens is 4. The molecule has 6 heteroatoms. The average molecular weight is 339 g/mol. The minimum Gasteiger partial charge on any atom is -0.297 e. The third kappa shape index (κ3) is 3.79. The summed E-state index contributed by atoms with van der Waals surface area (Å²) in [5, 5.41) is 4.61. The molecule has 1 aliphatic carbocycles. The molecule has 6 nitrogen and oxygen atoms in total. The van der Waals surface area contributed by atoms with Crippen molar-refractivity contribution in [2.45, 2.75) is 52.1 Å². The lowest BCUT2D eigenvalue weighted by atomic mass is 9.96. The molecule has 1 saturated heterocycles. The van der Waals surface area contributed by atoms with E-state index in [1.807, 2.05) is 19.3 Å². The van der Waals surface area contributed by atoms with Crippen LogP contribution in [0.15, 0.2) is 23.3 Å². The molecule has 0 aromatic carbocycles. The molecule has 0 unspecified atom stereocenters. The third-order valence-corrected chi connectivity index (χ3v) is 5.38. The fraction of sp³-hybridized carbons (Fsp3) is 0.579. The number of rotatable bonds is 4. The quantitative estimate of drug-likeness (QED) is 0.849. The molecule has 2 aromatic rings. The Balaban J connectivity index is 1.33. The van der Waals surface area contributed by atoms with Crippen molar-refractivity contribution in [2.24, 2.45) is 5.92 Å². The van der Waals surface area contributed by atoms with E-state index >= 15 is 0 Å². The summed E-state index contributed by atoms with van der Waals surface area (Å²) in [6.07, 6.45) is 9.06. The molecule has 25 heavy (non-hydrogen) atoms.